The fourth-order valence-electron chi connectivity index (χ4n) is 1.83. The Morgan fingerprint density at radius 1 is 1.44 bits per heavy atom. The Labute approximate surface area is 94.9 Å². The van der Waals surface area contributed by atoms with E-state index < -0.39 is 0 Å². The number of aliphatic hydroxyl groups excluding tert-OH is 1. The van der Waals surface area contributed by atoms with Crippen LogP contribution < -0.4 is 10.4 Å². The fourth-order valence-corrected chi connectivity index (χ4v) is 1.83. The molecule has 86 valence electrons. The molecule has 0 bridgehead atoms. The first kappa shape index (κ1) is 11.0. The quantitative estimate of drug-likeness (QED) is 0.791. The predicted molar refractivity (Wildman–Crippen MR) is 62.0 cm³/mol. The van der Waals surface area contributed by atoms with Crippen molar-refractivity contribution in [3.05, 3.63) is 29.8 Å². The van der Waals surface area contributed by atoms with Crippen LogP contribution in [0.1, 0.15) is 18.4 Å². The number of nitrogens with zero attached hydrogens (tertiary/aromatic N) is 1. The average Bonchev–Trinajstić information content (AvgIpc) is 2.74. The molecule has 1 aliphatic rings. The van der Waals surface area contributed by atoms with E-state index >= 15 is 0 Å². The number of benzene rings is 1. The highest BCUT2D eigenvalue weighted by molar-refractivity contribution is 5.81. The molecule has 4 nitrogen and oxygen atoms in total. The smallest absolute Gasteiger partial charge is 0.240 e. The summed E-state index contributed by atoms with van der Waals surface area (Å²) in [4.78, 5) is 11.1. The number of aliphatic hydroxyl groups is 1. The van der Waals surface area contributed by atoms with Gasteiger partial charge in [0.25, 0.3) is 0 Å². The monoisotopic (exact) mass is 220 g/mol. The van der Waals surface area contributed by atoms with Gasteiger partial charge in [0.05, 0.1) is 5.69 Å². The lowest BCUT2D eigenvalue weighted by Gasteiger charge is -2.17. The molecule has 0 atom stereocenters. The van der Waals surface area contributed by atoms with Gasteiger partial charge in [0, 0.05) is 19.6 Å². The summed E-state index contributed by atoms with van der Waals surface area (Å²) in [5, 5.41) is 10.6. The highest BCUT2D eigenvalue weighted by atomic mass is 16.2. The van der Waals surface area contributed by atoms with Gasteiger partial charge in [0.1, 0.15) is 0 Å². The summed E-state index contributed by atoms with van der Waals surface area (Å²) in [6, 6.07) is 8.05. The molecule has 1 amide bonds. The summed E-state index contributed by atoms with van der Waals surface area (Å²) in [7, 11) is 0. The average molecular weight is 220 g/mol. The number of aryl methyl sites for hydroxylation is 1. The Hall–Kier alpha value is -1.55. The molecule has 16 heavy (non-hydrogen) atoms. The van der Waals surface area contributed by atoms with E-state index in [9.17, 15) is 4.79 Å². The lowest BCUT2D eigenvalue weighted by Crippen LogP contribution is -2.32. The fraction of sp³-hybridized carbons (Fsp3) is 0.417. The Kier molecular flexibility index (Phi) is 3.41. The Morgan fingerprint density at radius 3 is 3.00 bits per heavy atom. The third-order valence-corrected chi connectivity index (χ3v) is 2.67. The van der Waals surface area contributed by atoms with Crippen LogP contribution in [0.3, 0.4) is 0 Å². The molecule has 1 aromatic carbocycles. The van der Waals surface area contributed by atoms with Crippen LogP contribution in [0, 0.1) is 0 Å². The second kappa shape index (κ2) is 4.99. The zero-order valence-corrected chi connectivity index (χ0v) is 9.15. The maximum Gasteiger partial charge on any atom is 0.240 e. The second-order valence-corrected chi connectivity index (χ2v) is 3.93. The van der Waals surface area contributed by atoms with Gasteiger partial charge in [-0.2, -0.15) is 0 Å². The minimum Gasteiger partial charge on any atom is -0.396 e. The Morgan fingerprint density at radius 2 is 2.31 bits per heavy atom. The minimum absolute atomic E-state index is 0.0701. The van der Waals surface area contributed by atoms with Crippen LogP contribution in [0.2, 0.25) is 0 Å². The van der Waals surface area contributed by atoms with Crippen molar-refractivity contribution < 1.29 is 9.90 Å². The van der Waals surface area contributed by atoms with Crippen molar-refractivity contribution in [1.82, 2.24) is 5.43 Å². The maximum absolute atomic E-state index is 11.1. The van der Waals surface area contributed by atoms with Crippen molar-refractivity contribution in [1.29, 1.82) is 0 Å². The number of carbonyl (C=O) groups excluding carboxylic acids is 1. The molecular weight excluding hydrogens is 204 g/mol. The van der Waals surface area contributed by atoms with Crippen molar-refractivity contribution in [2.24, 2.45) is 0 Å². The number of nitrogens with one attached hydrogen (secondary N) is 1. The molecule has 1 aliphatic heterocycles. The van der Waals surface area contributed by atoms with Crippen molar-refractivity contribution in [3.63, 3.8) is 0 Å². The number of rotatable bonds is 4. The van der Waals surface area contributed by atoms with Crippen LogP contribution >= 0.6 is 0 Å². The third kappa shape index (κ3) is 2.52. The molecule has 0 unspecified atom stereocenters. The van der Waals surface area contributed by atoms with Gasteiger partial charge in [-0.3, -0.25) is 15.2 Å². The van der Waals surface area contributed by atoms with E-state index in [1.54, 1.807) is 0 Å². The maximum atomic E-state index is 11.1. The molecule has 0 spiro atoms. The first-order chi connectivity index (χ1) is 7.79. The molecule has 0 aliphatic carbocycles. The summed E-state index contributed by atoms with van der Waals surface area (Å²) in [5.41, 5.74) is 5.00. The summed E-state index contributed by atoms with van der Waals surface area (Å²) < 4.78 is 0. The zero-order chi connectivity index (χ0) is 11.4. The minimum atomic E-state index is 0.0701. The molecule has 0 aromatic heterocycles. The SMILES string of the molecule is O=C1CCN(c2cccc(CCCO)c2)N1. The normalized spacial score (nSPS) is 15.3. The molecule has 4 heteroatoms. The van der Waals surface area contributed by atoms with Gasteiger partial charge in [0.2, 0.25) is 5.91 Å². The number of anilines is 1. The number of hydrogen-bond acceptors (Lipinski definition) is 3. The highest BCUT2D eigenvalue weighted by Gasteiger charge is 2.18. The van der Waals surface area contributed by atoms with Crippen LogP contribution in [0.4, 0.5) is 5.69 Å². The molecule has 2 rings (SSSR count). The van der Waals surface area contributed by atoms with E-state index in [0.717, 1.165) is 25.1 Å². The largest absolute Gasteiger partial charge is 0.396 e. The van der Waals surface area contributed by atoms with Gasteiger partial charge in [-0.25, -0.2) is 0 Å². The summed E-state index contributed by atoms with van der Waals surface area (Å²) in [6.45, 7) is 0.937. The molecule has 1 saturated heterocycles. The van der Waals surface area contributed by atoms with E-state index in [1.807, 2.05) is 23.2 Å². The summed E-state index contributed by atoms with van der Waals surface area (Å²) >= 11 is 0. The van der Waals surface area contributed by atoms with E-state index in [-0.39, 0.29) is 12.5 Å². The van der Waals surface area contributed by atoms with Crippen LogP contribution in [0.15, 0.2) is 24.3 Å². The van der Waals surface area contributed by atoms with E-state index in [1.165, 1.54) is 5.56 Å². The molecule has 1 aromatic rings. The predicted octanol–water partition coefficient (Wildman–Crippen LogP) is 0.853. The third-order valence-electron chi connectivity index (χ3n) is 2.67. The summed E-state index contributed by atoms with van der Waals surface area (Å²) in [6.07, 6.45) is 2.20. The first-order valence-corrected chi connectivity index (χ1v) is 5.56. The molecule has 1 fully saturated rings. The van der Waals surface area contributed by atoms with Crippen LogP contribution in [0.5, 0.6) is 0 Å². The Balaban J connectivity index is 2.06. The van der Waals surface area contributed by atoms with Gasteiger partial charge in [-0.1, -0.05) is 12.1 Å². The van der Waals surface area contributed by atoms with Gasteiger partial charge in [0.15, 0.2) is 0 Å². The molecule has 2 N–H and O–H groups in total. The van der Waals surface area contributed by atoms with Crippen molar-refractivity contribution in [2.45, 2.75) is 19.3 Å². The number of carbonyl (C=O) groups is 1. The molecule has 0 saturated carbocycles. The summed E-state index contributed by atoms with van der Waals surface area (Å²) in [5.74, 6) is 0.0701. The van der Waals surface area contributed by atoms with Crippen molar-refractivity contribution in [3.8, 4) is 0 Å². The topological polar surface area (TPSA) is 52.6 Å². The first-order valence-electron chi connectivity index (χ1n) is 5.56. The van der Waals surface area contributed by atoms with Crippen molar-refractivity contribution >= 4 is 11.6 Å². The van der Waals surface area contributed by atoms with Gasteiger partial charge in [-0.15, -0.1) is 0 Å². The molecular formula is C12H16N2O2. The van der Waals surface area contributed by atoms with E-state index in [4.69, 9.17) is 5.11 Å². The van der Waals surface area contributed by atoms with Gasteiger partial charge >= 0.3 is 0 Å². The Bertz CT molecular complexity index is 379. The van der Waals surface area contributed by atoms with E-state index in [2.05, 4.69) is 11.5 Å². The van der Waals surface area contributed by atoms with Gasteiger partial charge in [-0.05, 0) is 30.5 Å². The van der Waals surface area contributed by atoms with E-state index in [0.29, 0.717) is 6.42 Å². The lowest BCUT2D eigenvalue weighted by molar-refractivity contribution is -0.119. The van der Waals surface area contributed by atoms with Crippen LogP contribution in [0.25, 0.3) is 0 Å². The number of amides is 1. The lowest BCUT2D eigenvalue weighted by atomic mass is 10.1. The highest BCUT2D eigenvalue weighted by Crippen LogP contribution is 2.18. The number of hydrogen-bond donors (Lipinski definition) is 2. The van der Waals surface area contributed by atoms with Gasteiger partial charge < -0.3 is 5.11 Å². The van der Waals surface area contributed by atoms with Crippen molar-refractivity contribution in [2.75, 3.05) is 18.2 Å². The zero-order valence-electron chi connectivity index (χ0n) is 9.15. The second-order valence-electron chi connectivity index (χ2n) is 3.93. The van der Waals surface area contributed by atoms with Crippen LogP contribution in [-0.4, -0.2) is 24.2 Å². The van der Waals surface area contributed by atoms with Crippen LogP contribution in [-0.2, 0) is 11.2 Å². The molecule has 0 radical (unpaired) electrons. The standard InChI is InChI=1S/C12H16N2O2/c15-8-2-4-10-3-1-5-11(9-10)14-7-6-12(16)13-14/h1,3,5,9,15H,2,4,6-8H2,(H,13,16). The molecule has 1 heterocycles. The number of hydrazine groups is 1.